The number of hydrogen-bond acceptors (Lipinski definition) is 2. The van der Waals surface area contributed by atoms with Gasteiger partial charge in [-0.25, -0.2) is 4.79 Å². The van der Waals surface area contributed by atoms with Crippen LogP contribution in [0, 0.1) is 23.7 Å². The molecule has 1 aromatic rings. The molecule has 0 radical (unpaired) electrons. The normalized spacial score (nSPS) is 22.4. The van der Waals surface area contributed by atoms with Crippen molar-refractivity contribution in [1.29, 1.82) is 0 Å². The van der Waals surface area contributed by atoms with Gasteiger partial charge in [0.1, 0.15) is 5.56 Å². The van der Waals surface area contributed by atoms with Gasteiger partial charge in [-0.2, -0.15) is 0 Å². The minimum atomic E-state index is -0.457. The molecule has 0 saturated carbocycles. The van der Waals surface area contributed by atoms with Crippen molar-refractivity contribution < 1.29 is 0 Å². The molecule has 29 heavy (non-hydrogen) atoms. The van der Waals surface area contributed by atoms with Crippen LogP contribution in [0.25, 0.3) is 0 Å². The molecule has 0 fully saturated rings. The second-order valence-electron chi connectivity index (χ2n) is 7.01. The van der Waals surface area contributed by atoms with E-state index in [0.29, 0.717) is 5.92 Å². The topological polar surface area (TPSA) is 54.9 Å². The van der Waals surface area contributed by atoms with Gasteiger partial charge in [-0.05, 0) is 28.4 Å². The predicted molar refractivity (Wildman–Crippen MR) is 116 cm³/mol. The third kappa shape index (κ3) is 3.15. The molecule has 1 aromatic heterocycles. The van der Waals surface area contributed by atoms with E-state index in [4.69, 9.17) is 0 Å². The van der Waals surface area contributed by atoms with Crippen LogP contribution in [0.5, 0.6) is 0 Å². The molecule has 4 aliphatic carbocycles. The number of nitrogens with one attached hydrogen (secondary N) is 1. The molecule has 5 rings (SSSR count). The van der Waals surface area contributed by atoms with Crippen LogP contribution in [-0.4, -0.2) is 9.55 Å². The van der Waals surface area contributed by atoms with Gasteiger partial charge in [0.05, 0.1) is 0 Å². The monoisotopic (exact) mass is 382 g/mol. The smallest absolute Gasteiger partial charge is 0.302 e. The summed E-state index contributed by atoms with van der Waals surface area (Å²) in [5, 5.41) is 0. The molecule has 1 N–H and O–H groups in total. The maximum atomic E-state index is 12.0. The Morgan fingerprint density at radius 3 is 2.34 bits per heavy atom. The average molecular weight is 382 g/mol. The fourth-order valence-electron chi connectivity index (χ4n) is 4.10. The molecule has 0 bridgehead atoms. The Kier molecular flexibility index (Phi) is 4.82. The molecule has 0 aliphatic heterocycles. The molecule has 2 unspecified atom stereocenters. The summed E-state index contributed by atoms with van der Waals surface area (Å²) >= 11 is 0. The lowest BCUT2D eigenvalue weighted by Gasteiger charge is -2.39. The summed E-state index contributed by atoms with van der Waals surface area (Å²) in [4.78, 5) is 25.8. The van der Waals surface area contributed by atoms with Gasteiger partial charge < -0.3 is 4.57 Å². The number of aromatic nitrogens is 2. The molecule has 0 aromatic carbocycles. The fourth-order valence-corrected chi connectivity index (χ4v) is 4.10. The number of rotatable bonds is 0. The van der Waals surface area contributed by atoms with Gasteiger partial charge in [0.25, 0.3) is 5.56 Å². The fraction of sp³-hybridized carbons (Fsp3) is 0.200. The van der Waals surface area contributed by atoms with Crippen LogP contribution < -0.4 is 11.2 Å². The Labute approximate surface area is 169 Å². The van der Waals surface area contributed by atoms with Gasteiger partial charge >= 0.3 is 5.69 Å². The van der Waals surface area contributed by atoms with E-state index < -0.39 is 11.2 Å². The molecule has 0 amide bonds. The zero-order chi connectivity index (χ0) is 20.5. The summed E-state index contributed by atoms with van der Waals surface area (Å²) < 4.78 is 1.32. The highest BCUT2D eigenvalue weighted by molar-refractivity contribution is 5.65. The quantitative estimate of drug-likeness (QED) is 0.699. The van der Waals surface area contributed by atoms with Crippen molar-refractivity contribution in [2.75, 3.05) is 0 Å². The van der Waals surface area contributed by atoms with Gasteiger partial charge in [0.15, 0.2) is 0 Å². The second kappa shape index (κ2) is 7.44. The third-order valence-corrected chi connectivity index (χ3v) is 5.44. The van der Waals surface area contributed by atoms with Crippen molar-refractivity contribution >= 4 is 0 Å². The predicted octanol–water partition coefficient (Wildman–Crippen LogP) is 3.48. The minimum Gasteiger partial charge on any atom is -0.302 e. The Balaban J connectivity index is 0.000000994. The van der Waals surface area contributed by atoms with Gasteiger partial charge in [-0.15, -0.1) is 0 Å². The van der Waals surface area contributed by atoms with Gasteiger partial charge in [-0.3, -0.25) is 9.78 Å². The molecule has 144 valence electrons. The molecule has 4 heteroatoms. The Morgan fingerprint density at radius 1 is 0.862 bits per heavy atom. The van der Waals surface area contributed by atoms with Crippen molar-refractivity contribution in [3.8, 4) is 11.8 Å². The Hall–Kier alpha value is -3.58. The van der Waals surface area contributed by atoms with E-state index in [0.717, 1.165) is 5.57 Å². The molecule has 4 nitrogen and oxygen atoms in total. The van der Waals surface area contributed by atoms with E-state index in [-0.39, 0.29) is 11.5 Å². The number of aromatic amines is 1. The lowest BCUT2D eigenvalue weighted by atomic mass is 9.63. The molecule has 2 atom stereocenters. The first-order valence-electron chi connectivity index (χ1n) is 9.84. The lowest BCUT2D eigenvalue weighted by molar-refractivity contribution is 0.562. The van der Waals surface area contributed by atoms with Crippen LogP contribution in [0.1, 0.15) is 19.4 Å². The van der Waals surface area contributed by atoms with E-state index in [9.17, 15) is 9.59 Å². The molecule has 4 aliphatic rings. The van der Waals surface area contributed by atoms with Crippen molar-refractivity contribution in [3.05, 3.63) is 115 Å². The standard InChI is InChI=1S/C23H16N2O2.C2H6/c1-25-13-18(22(26)24-23(25)27)10-6-14-5-7-17-9-8-15-3-2-4-16-11-12-19(14)21(17)20(15)16;1-2/h2-5,7-9,11-13,20-21H,1H3,(H,24,26,27);1-2H3. The van der Waals surface area contributed by atoms with E-state index in [1.54, 1.807) is 7.05 Å². The van der Waals surface area contributed by atoms with Crippen LogP contribution in [-0.2, 0) is 7.05 Å². The van der Waals surface area contributed by atoms with Crippen LogP contribution >= 0.6 is 0 Å². The summed E-state index contributed by atoms with van der Waals surface area (Å²) in [6, 6.07) is 0. The number of H-pyrrole nitrogens is 1. The van der Waals surface area contributed by atoms with Crippen molar-refractivity contribution in [2.45, 2.75) is 13.8 Å². The summed E-state index contributed by atoms with van der Waals surface area (Å²) in [5.41, 5.74) is 5.40. The maximum Gasteiger partial charge on any atom is 0.328 e. The number of hydrogen-bond donors (Lipinski definition) is 1. The first-order valence-corrected chi connectivity index (χ1v) is 9.84. The third-order valence-electron chi connectivity index (χ3n) is 5.44. The molecule has 1 heterocycles. The highest BCUT2D eigenvalue weighted by Gasteiger charge is 2.37. The summed E-state index contributed by atoms with van der Waals surface area (Å²) in [6.45, 7) is 4.00. The minimum absolute atomic E-state index is 0.263. The molecule has 0 saturated heterocycles. The van der Waals surface area contributed by atoms with Crippen LogP contribution in [0.4, 0.5) is 0 Å². The van der Waals surface area contributed by atoms with Crippen molar-refractivity contribution in [2.24, 2.45) is 18.9 Å². The first kappa shape index (κ1) is 18.8. The molecular formula is C25H22N2O2. The van der Waals surface area contributed by atoms with Gasteiger partial charge in [0.2, 0.25) is 0 Å². The lowest BCUT2D eigenvalue weighted by Crippen LogP contribution is -2.29. The van der Waals surface area contributed by atoms with Crippen LogP contribution in [0.15, 0.2) is 98.3 Å². The zero-order valence-electron chi connectivity index (χ0n) is 16.7. The van der Waals surface area contributed by atoms with E-state index in [1.165, 1.54) is 33.1 Å². The Bertz CT molecular complexity index is 1270. The average Bonchev–Trinajstić information content (AvgIpc) is 2.75. The summed E-state index contributed by atoms with van der Waals surface area (Å²) in [6.07, 6.45) is 20.7. The van der Waals surface area contributed by atoms with E-state index in [1.807, 2.05) is 19.9 Å². The van der Waals surface area contributed by atoms with E-state index in [2.05, 4.69) is 65.4 Å². The van der Waals surface area contributed by atoms with E-state index >= 15 is 0 Å². The summed E-state index contributed by atoms with van der Waals surface area (Å²) in [7, 11) is 1.59. The molecule has 0 spiro atoms. The number of nitrogens with zero attached hydrogens (tertiary/aromatic N) is 1. The van der Waals surface area contributed by atoms with Crippen molar-refractivity contribution in [1.82, 2.24) is 9.55 Å². The second-order valence-corrected chi connectivity index (χ2v) is 7.01. The van der Waals surface area contributed by atoms with Crippen LogP contribution in [0.3, 0.4) is 0 Å². The summed E-state index contributed by atoms with van der Waals surface area (Å²) in [5.74, 6) is 6.69. The van der Waals surface area contributed by atoms with Gasteiger partial charge in [-0.1, -0.05) is 74.3 Å². The maximum absolute atomic E-state index is 12.0. The zero-order valence-corrected chi connectivity index (χ0v) is 16.7. The highest BCUT2D eigenvalue weighted by atomic mass is 16.2. The van der Waals surface area contributed by atoms with Crippen molar-refractivity contribution in [3.63, 3.8) is 0 Å². The molecular weight excluding hydrogens is 360 g/mol. The highest BCUT2D eigenvalue weighted by Crippen LogP contribution is 2.49. The number of aryl methyl sites for hydroxylation is 1. The van der Waals surface area contributed by atoms with Gasteiger partial charge in [0, 0.05) is 30.7 Å². The SMILES string of the molecule is CC.Cn1cc(C#CC2=C3C=CC4=CC=CC5=CC=C(C=C2)C3C45)c(=O)[nH]c1=O. The number of allylic oxidation sites excluding steroid dienone is 14. The first-order chi connectivity index (χ1) is 14.1. The Morgan fingerprint density at radius 2 is 1.55 bits per heavy atom. The largest absolute Gasteiger partial charge is 0.328 e. The van der Waals surface area contributed by atoms with Crippen LogP contribution in [0.2, 0.25) is 0 Å².